The molecule has 0 aliphatic heterocycles. The molecule has 3 aromatic rings. The quantitative estimate of drug-likeness (QED) is 0.433. The summed E-state index contributed by atoms with van der Waals surface area (Å²) in [5, 5.41) is 3.98. The lowest BCUT2D eigenvalue weighted by Crippen LogP contribution is -2.19. The number of benzene rings is 2. The Morgan fingerprint density at radius 1 is 1.11 bits per heavy atom. The first kappa shape index (κ1) is 20.2. The van der Waals surface area contributed by atoms with E-state index in [4.69, 9.17) is 11.6 Å². The van der Waals surface area contributed by atoms with Crippen LogP contribution in [-0.2, 0) is 13.2 Å². The maximum absolute atomic E-state index is 13.3. The van der Waals surface area contributed by atoms with E-state index in [1.165, 1.54) is 4.57 Å². The van der Waals surface area contributed by atoms with E-state index in [0.29, 0.717) is 22.4 Å². The largest absolute Gasteiger partial charge is 0.418 e. The summed E-state index contributed by atoms with van der Waals surface area (Å²) in [5.74, 6) is -0.971. The standard InChI is InChI=1S/C20H17ClF4N2O/c1-10-6-13(14-9-18(21)27(3)19(28)15(14)7-10)11(2)26-17-5-4-12(22)8-16(17)20(23,24)25/h4-9,11,26H,1-3H3/t11-/m1/s1. The van der Waals surface area contributed by atoms with Gasteiger partial charge in [-0.1, -0.05) is 17.7 Å². The average Bonchev–Trinajstić information content (AvgIpc) is 2.60. The second-order valence-corrected chi connectivity index (χ2v) is 7.09. The Kier molecular flexibility index (Phi) is 5.14. The lowest BCUT2D eigenvalue weighted by molar-refractivity contribution is -0.137. The number of halogens is 5. The van der Waals surface area contributed by atoms with Crippen LogP contribution in [0.15, 0.2) is 41.2 Å². The van der Waals surface area contributed by atoms with Crippen LogP contribution in [0.4, 0.5) is 23.2 Å². The molecular weight excluding hydrogens is 396 g/mol. The molecule has 1 atom stereocenters. The van der Waals surface area contributed by atoms with Crippen LogP contribution in [0.2, 0.25) is 5.15 Å². The van der Waals surface area contributed by atoms with Crippen molar-refractivity contribution in [3.63, 3.8) is 0 Å². The van der Waals surface area contributed by atoms with Gasteiger partial charge in [0.25, 0.3) is 5.56 Å². The molecule has 3 rings (SSSR count). The van der Waals surface area contributed by atoms with Crippen molar-refractivity contribution in [1.82, 2.24) is 4.57 Å². The van der Waals surface area contributed by atoms with Gasteiger partial charge in [0.1, 0.15) is 11.0 Å². The first-order valence-electron chi connectivity index (χ1n) is 8.42. The molecule has 0 radical (unpaired) electrons. The molecule has 0 spiro atoms. The van der Waals surface area contributed by atoms with Gasteiger partial charge in [-0.2, -0.15) is 13.2 Å². The fourth-order valence-corrected chi connectivity index (χ4v) is 3.39. The van der Waals surface area contributed by atoms with Crippen LogP contribution in [0.5, 0.6) is 0 Å². The Balaban J connectivity index is 2.14. The second kappa shape index (κ2) is 7.13. The molecule has 148 valence electrons. The molecule has 8 heteroatoms. The van der Waals surface area contributed by atoms with Gasteiger partial charge in [0, 0.05) is 24.2 Å². The van der Waals surface area contributed by atoms with Gasteiger partial charge in [-0.05, 0) is 60.7 Å². The summed E-state index contributed by atoms with van der Waals surface area (Å²) < 4.78 is 54.5. The van der Waals surface area contributed by atoms with Crippen LogP contribution >= 0.6 is 11.6 Å². The number of rotatable bonds is 3. The Bertz CT molecular complexity index is 1120. The highest BCUT2D eigenvalue weighted by Gasteiger charge is 2.34. The second-order valence-electron chi connectivity index (χ2n) is 6.70. The molecule has 1 aromatic heterocycles. The summed E-state index contributed by atoms with van der Waals surface area (Å²) in [7, 11) is 1.54. The van der Waals surface area contributed by atoms with E-state index < -0.39 is 23.6 Å². The number of hydrogen-bond acceptors (Lipinski definition) is 2. The third-order valence-corrected chi connectivity index (χ3v) is 4.96. The number of alkyl halides is 3. The fourth-order valence-electron chi connectivity index (χ4n) is 3.20. The number of nitrogens with one attached hydrogen (secondary N) is 1. The number of nitrogens with zero attached hydrogens (tertiary/aromatic N) is 1. The van der Waals surface area contributed by atoms with E-state index in [-0.39, 0.29) is 16.4 Å². The molecular formula is C20H17ClF4N2O. The van der Waals surface area contributed by atoms with Gasteiger partial charge in [0.05, 0.1) is 5.56 Å². The van der Waals surface area contributed by atoms with Gasteiger partial charge in [0.15, 0.2) is 0 Å². The lowest BCUT2D eigenvalue weighted by Gasteiger charge is -2.22. The van der Waals surface area contributed by atoms with Gasteiger partial charge in [-0.3, -0.25) is 4.79 Å². The predicted molar refractivity (Wildman–Crippen MR) is 102 cm³/mol. The topological polar surface area (TPSA) is 34.0 Å². The van der Waals surface area contributed by atoms with Crippen LogP contribution in [0.1, 0.15) is 29.7 Å². The molecule has 0 saturated carbocycles. The number of anilines is 1. The molecule has 0 bridgehead atoms. The van der Waals surface area contributed by atoms with Crippen molar-refractivity contribution < 1.29 is 17.6 Å². The minimum Gasteiger partial charge on any atom is -0.378 e. The van der Waals surface area contributed by atoms with Crippen LogP contribution < -0.4 is 10.9 Å². The molecule has 0 aliphatic carbocycles. The van der Waals surface area contributed by atoms with E-state index in [1.54, 1.807) is 39.1 Å². The van der Waals surface area contributed by atoms with Crippen molar-refractivity contribution >= 4 is 28.1 Å². The van der Waals surface area contributed by atoms with Gasteiger partial charge < -0.3 is 9.88 Å². The average molecular weight is 413 g/mol. The zero-order valence-corrected chi connectivity index (χ0v) is 16.0. The molecule has 3 nitrogen and oxygen atoms in total. The summed E-state index contributed by atoms with van der Waals surface area (Å²) in [5.41, 5.74) is -0.230. The normalized spacial score (nSPS) is 13.0. The summed E-state index contributed by atoms with van der Waals surface area (Å²) >= 11 is 6.12. The number of pyridine rings is 1. The van der Waals surface area contributed by atoms with Gasteiger partial charge in [0.2, 0.25) is 0 Å². The monoisotopic (exact) mass is 412 g/mol. The molecule has 1 heterocycles. The van der Waals surface area contributed by atoms with Crippen LogP contribution in [0.25, 0.3) is 10.8 Å². The Morgan fingerprint density at radius 2 is 1.79 bits per heavy atom. The maximum atomic E-state index is 13.3. The van der Waals surface area contributed by atoms with E-state index in [1.807, 2.05) is 0 Å². The van der Waals surface area contributed by atoms with Crippen molar-refractivity contribution in [1.29, 1.82) is 0 Å². The highest BCUT2D eigenvalue weighted by molar-refractivity contribution is 6.30. The van der Waals surface area contributed by atoms with Crippen LogP contribution in [0.3, 0.4) is 0 Å². The zero-order chi connectivity index (χ0) is 20.8. The van der Waals surface area contributed by atoms with Crippen molar-refractivity contribution in [2.75, 3.05) is 5.32 Å². The molecule has 0 saturated heterocycles. The summed E-state index contributed by atoms with van der Waals surface area (Å²) in [6.07, 6.45) is -4.71. The zero-order valence-electron chi connectivity index (χ0n) is 15.3. The molecule has 1 N–H and O–H groups in total. The summed E-state index contributed by atoms with van der Waals surface area (Å²) in [6, 6.07) is 6.98. The fraction of sp³-hybridized carbons (Fsp3) is 0.250. The van der Waals surface area contributed by atoms with Crippen molar-refractivity contribution in [3.8, 4) is 0 Å². The Labute approximate surface area is 163 Å². The third-order valence-electron chi connectivity index (χ3n) is 4.60. The predicted octanol–water partition coefficient (Wildman–Crippen LogP) is 5.83. The SMILES string of the molecule is Cc1cc([C@@H](C)Nc2ccc(F)cc2C(F)(F)F)c2cc(Cl)n(C)c(=O)c2c1. The molecule has 0 aliphatic rings. The van der Waals surface area contributed by atoms with E-state index in [0.717, 1.165) is 17.7 Å². The maximum Gasteiger partial charge on any atom is 0.418 e. The molecule has 0 amide bonds. The minimum absolute atomic E-state index is 0.215. The summed E-state index contributed by atoms with van der Waals surface area (Å²) in [4.78, 5) is 12.5. The molecule has 0 fully saturated rings. The highest BCUT2D eigenvalue weighted by atomic mass is 35.5. The third kappa shape index (κ3) is 3.71. The highest BCUT2D eigenvalue weighted by Crippen LogP contribution is 2.37. The number of hydrogen-bond donors (Lipinski definition) is 1. The van der Waals surface area contributed by atoms with Crippen molar-refractivity contribution in [2.24, 2.45) is 7.05 Å². The molecule has 28 heavy (non-hydrogen) atoms. The molecule has 2 aromatic carbocycles. The van der Waals surface area contributed by atoms with Crippen molar-refractivity contribution in [2.45, 2.75) is 26.1 Å². The first-order valence-corrected chi connectivity index (χ1v) is 8.80. The van der Waals surface area contributed by atoms with E-state index >= 15 is 0 Å². The van der Waals surface area contributed by atoms with Crippen LogP contribution in [-0.4, -0.2) is 4.57 Å². The Hall–Kier alpha value is -2.54. The van der Waals surface area contributed by atoms with E-state index in [9.17, 15) is 22.4 Å². The number of aryl methyl sites for hydroxylation is 1. The number of fused-ring (bicyclic) bond motifs is 1. The first-order chi connectivity index (χ1) is 13.0. The van der Waals surface area contributed by atoms with Crippen molar-refractivity contribution in [3.05, 3.63) is 74.4 Å². The minimum atomic E-state index is -4.71. The van der Waals surface area contributed by atoms with Gasteiger partial charge in [-0.15, -0.1) is 0 Å². The van der Waals surface area contributed by atoms with Gasteiger partial charge >= 0.3 is 6.18 Å². The van der Waals surface area contributed by atoms with Crippen LogP contribution in [0, 0.1) is 12.7 Å². The summed E-state index contributed by atoms with van der Waals surface area (Å²) in [6.45, 7) is 3.46. The number of aromatic nitrogens is 1. The smallest absolute Gasteiger partial charge is 0.378 e. The van der Waals surface area contributed by atoms with E-state index in [2.05, 4.69) is 5.32 Å². The Morgan fingerprint density at radius 3 is 2.43 bits per heavy atom. The van der Waals surface area contributed by atoms with Gasteiger partial charge in [-0.25, -0.2) is 4.39 Å². The molecule has 0 unspecified atom stereocenters. The lowest BCUT2D eigenvalue weighted by atomic mass is 9.97.